The maximum atomic E-state index is 13.1. The molecule has 3 fully saturated rings. The first-order chi connectivity index (χ1) is 18.6. The summed E-state index contributed by atoms with van der Waals surface area (Å²) in [5.74, 6) is -2.89. The summed E-state index contributed by atoms with van der Waals surface area (Å²) < 4.78 is 1.27. The van der Waals surface area contributed by atoms with Gasteiger partial charge in [-0.3, -0.25) is 14.4 Å². The molecule has 1 aromatic rings. The summed E-state index contributed by atoms with van der Waals surface area (Å²) in [6.07, 6.45) is 1.82. The number of amides is 3. The van der Waals surface area contributed by atoms with Crippen LogP contribution in [0.2, 0.25) is 0 Å². The van der Waals surface area contributed by atoms with E-state index in [2.05, 4.69) is 26.2 Å². The number of aliphatic hydroxyl groups is 1. The van der Waals surface area contributed by atoms with Crippen LogP contribution in [-0.4, -0.2) is 120 Å². The lowest BCUT2D eigenvalue weighted by Gasteiger charge is -2.47. The molecule has 16 heteroatoms. The van der Waals surface area contributed by atoms with Crippen molar-refractivity contribution < 1.29 is 29.4 Å². The second kappa shape index (κ2) is 10.8. The second-order valence-electron chi connectivity index (χ2n) is 10.7. The van der Waals surface area contributed by atoms with Gasteiger partial charge >= 0.3 is 5.97 Å². The van der Waals surface area contributed by atoms with Crippen molar-refractivity contribution in [1.29, 1.82) is 0 Å². The maximum absolute atomic E-state index is 13.1. The van der Waals surface area contributed by atoms with Gasteiger partial charge in [0.2, 0.25) is 17.7 Å². The topological polar surface area (TPSA) is 209 Å². The number of nitrogens with two attached hydrogens (primary N) is 1. The summed E-state index contributed by atoms with van der Waals surface area (Å²) in [5.41, 5.74) is 6.02. The number of aromatic nitrogens is 4. The zero-order valence-corrected chi connectivity index (χ0v) is 22.5. The second-order valence-corrected chi connectivity index (χ2v) is 12.0. The van der Waals surface area contributed by atoms with Crippen LogP contribution in [0.25, 0.3) is 0 Å². The Labute approximate surface area is 228 Å². The number of fused-ring (bicyclic) bond motifs is 1. The van der Waals surface area contributed by atoms with Gasteiger partial charge in [0.1, 0.15) is 18.6 Å². The van der Waals surface area contributed by atoms with E-state index in [9.17, 15) is 29.4 Å². The Morgan fingerprint density at radius 2 is 2.10 bits per heavy atom. The Morgan fingerprint density at radius 3 is 2.74 bits per heavy atom. The fraction of sp³-hybridized carbons (Fsp3) is 0.696. The number of likely N-dealkylation sites (tertiary alicyclic amines) is 1. The summed E-state index contributed by atoms with van der Waals surface area (Å²) in [6, 6.07) is -1.58. The lowest BCUT2D eigenvalue weighted by molar-refractivity contribution is -0.158. The van der Waals surface area contributed by atoms with E-state index in [-0.39, 0.29) is 65.7 Å². The standard InChI is InChI=1S/C23H33N9O6S/c1-10-18-17(11(2)27-16(34)7-31-9-26-28-29-31)22(36)32(18)19(23(37)38)20(10)39-13-3-15(25-4-13)21(35)30-5-12(8-33)14(24)6-30/h9-15,17-18,25,33H,3-8,24H2,1-2H3,(H,27,34)(H,37,38)/t10-,11-,12?,13+,14?,15+,17-,18-/m1/s1. The van der Waals surface area contributed by atoms with Crippen molar-refractivity contribution in [2.24, 2.45) is 23.5 Å². The molecule has 0 bridgehead atoms. The fourth-order valence-corrected chi connectivity index (χ4v) is 7.62. The molecule has 8 atom stereocenters. The Kier molecular flexibility index (Phi) is 7.63. The molecule has 0 saturated carbocycles. The molecule has 1 aromatic heterocycles. The first kappa shape index (κ1) is 27.5. The molecule has 39 heavy (non-hydrogen) atoms. The van der Waals surface area contributed by atoms with E-state index in [0.717, 1.165) is 0 Å². The molecule has 0 aromatic carbocycles. The Balaban J connectivity index is 1.22. The third-order valence-corrected chi connectivity index (χ3v) is 9.65. The number of carbonyl (C=O) groups excluding carboxylic acids is 3. The number of hydrogen-bond donors (Lipinski definition) is 5. The Bertz CT molecular complexity index is 1180. The fourth-order valence-electron chi connectivity index (χ4n) is 6.14. The number of aliphatic hydroxyl groups excluding tert-OH is 1. The lowest BCUT2D eigenvalue weighted by atomic mass is 9.78. The number of carboxylic acids is 1. The molecule has 5 heterocycles. The molecule has 15 nitrogen and oxygen atoms in total. The molecule has 3 saturated heterocycles. The minimum atomic E-state index is -1.17. The van der Waals surface area contributed by atoms with Gasteiger partial charge in [0.05, 0.1) is 18.0 Å². The van der Waals surface area contributed by atoms with E-state index in [1.807, 2.05) is 6.92 Å². The molecular weight excluding hydrogens is 530 g/mol. The first-order valence-electron chi connectivity index (χ1n) is 13.0. The number of hydrogen-bond acceptors (Lipinski definition) is 11. The number of β-lactam (4-membered cyclic amide) rings is 1. The third-order valence-electron chi connectivity index (χ3n) is 8.14. The summed E-state index contributed by atoms with van der Waals surface area (Å²) in [6.45, 7) is 4.80. The van der Waals surface area contributed by atoms with Crippen LogP contribution in [0.5, 0.6) is 0 Å². The van der Waals surface area contributed by atoms with Crippen molar-refractivity contribution in [2.45, 2.75) is 56.2 Å². The van der Waals surface area contributed by atoms with E-state index >= 15 is 0 Å². The highest BCUT2D eigenvalue weighted by Gasteiger charge is 2.60. The monoisotopic (exact) mass is 563 g/mol. The number of aliphatic carboxylic acids is 1. The zero-order valence-electron chi connectivity index (χ0n) is 21.6. The number of nitrogens with zero attached hydrogens (tertiary/aromatic N) is 6. The van der Waals surface area contributed by atoms with Gasteiger partial charge < -0.3 is 36.4 Å². The van der Waals surface area contributed by atoms with Crippen molar-refractivity contribution in [3.05, 3.63) is 16.9 Å². The third kappa shape index (κ3) is 5.01. The van der Waals surface area contributed by atoms with Gasteiger partial charge in [0, 0.05) is 60.3 Å². The molecule has 6 N–H and O–H groups in total. The van der Waals surface area contributed by atoms with Crippen molar-refractivity contribution >= 4 is 35.5 Å². The highest BCUT2D eigenvalue weighted by Crippen LogP contribution is 2.51. The highest BCUT2D eigenvalue weighted by molar-refractivity contribution is 8.03. The average molecular weight is 564 g/mol. The van der Waals surface area contributed by atoms with Crippen LogP contribution in [0.15, 0.2) is 16.9 Å². The number of tetrazole rings is 1. The van der Waals surface area contributed by atoms with Crippen LogP contribution in [0, 0.1) is 17.8 Å². The van der Waals surface area contributed by atoms with E-state index < -0.39 is 24.0 Å². The van der Waals surface area contributed by atoms with Crippen LogP contribution in [0.1, 0.15) is 20.3 Å². The molecule has 3 amide bonds. The minimum Gasteiger partial charge on any atom is -0.477 e. The van der Waals surface area contributed by atoms with Gasteiger partial charge in [0.25, 0.3) is 0 Å². The van der Waals surface area contributed by atoms with Crippen LogP contribution in [0.4, 0.5) is 0 Å². The van der Waals surface area contributed by atoms with Crippen LogP contribution in [-0.2, 0) is 25.7 Å². The maximum Gasteiger partial charge on any atom is 0.353 e. The first-order valence-corrected chi connectivity index (χ1v) is 13.8. The predicted octanol–water partition coefficient (Wildman–Crippen LogP) is -2.81. The lowest BCUT2D eigenvalue weighted by Crippen LogP contribution is -2.66. The van der Waals surface area contributed by atoms with E-state index in [1.54, 1.807) is 11.8 Å². The number of carbonyl (C=O) groups is 4. The number of carboxylic acid groups (broad SMARTS) is 1. The summed E-state index contributed by atoms with van der Waals surface area (Å²) in [5, 5.41) is 36.1. The van der Waals surface area contributed by atoms with Gasteiger partial charge in [-0.1, -0.05) is 6.92 Å². The van der Waals surface area contributed by atoms with Crippen LogP contribution >= 0.6 is 11.8 Å². The molecule has 2 unspecified atom stereocenters. The molecule has 0 spiro atoms. The molecule has 5 rings (SSSR count). The summed E-state index contributed by atoms with van der Waals surface area (Å²) >= 11 is 1.40. The average Bonchev–Trinajstić information content (AvgIpc) is 3.67. The highest BCUT2D eigenvalue weighted by atomic mass is 32.2. The molecule has 4 aliphatic heterocycles. The number of thioether (sulfide) groups is 1. The number of rotatable bonds is 9. The van der Waals surface area contributed by atoms with E-state index in [0.29, 0.717) is 31.0 Å². The summed E-state index contributed by atoms with van der Waals surface area (Å²) in [7, 11) is 0. The Morgan fingerprint density at radius 1 is 1.33 bits per heavy atom. The quantitative estimate of drug-likeness (QED) is 0.193. The van der Waals surface area contributed by atoms with Gasteiger partial charge in [-0.15, -0.1) is 16.9 Å². The Hall–Kier alpha value is -3.08. The van der Waals surface area contributed by atoms with Crippen LogP contribution < -0.4 is 16.4 Å². The molecule has 0 aliphatic carbocycles. The van der Waals surface area contributed by atoms with Crippen molar-refractivity contribution in [2.75, 3.05) is 26.2 Å². The van der Waals surface area contributed by atoms with Gasteiger partial charge in [-0.2, -0.15) is 0 Å². The SMILES string of the molecule is C[C@@H](NC(=O)Cn1cnnn1)[C@H]1C(=O)N2C(C(=O)O)=C(S[C@@H]3CN[C@H](C(=O)N4CC(N)C(CO)C4)C3)[C@H](C)[C@H]12. The van der Waals surface area contributed by atoms with Gasteiger partial charge in [-0.05, 0) is 23.8 Å². The van der Waals surface area contributed by atoms with Crippen LogP contribution in [0.3, 0.4) is 0 Å². The number of nitrogens with one attached hydrogen (secondary N) is 2. The minimum absolute atomic E-state index is 0.0166. The largest absolute Gasteiger partial charge is 0.477 e. The van der Waals surface area contributed by atoms with E-state index in [4.69, 9.17) is 5.73 Å². The normalized spacial score (nSPS) is 32.8. The van der Waals surface area contributed by atoms with Crippen molar-refractivity contribution in [1.82, 2.24) is 40.6 Å². The van der Waals surface area contributed by atoms with Gasteiger partial charge in [-0.25, -0.2) is 9.48 Å². The zero-order chi connectivity index (χ0) is 28.0. The van der Waals surface area contributed by atoms with Crippen molar-refractivity contribution in [3.8, 4) is 0 Å². The molecule has 212 valence electrons. The summed E-state index contributed by atoms with van der Waals surface area (Å²) in [4.78, 5) is 54.5. The predicted molar refractivity (Wildman–Crippen MR) is 136 cm³/mol. The molecular formula is C23H33N9O6S. The molecule has 4 aliphatic rings. The van der Waals surface area contributed by atoms with E-state index in [1.165, 1.54) is 27.7 Å². The smallest absolute Gasteiger partial charge is 0.353 e. The van der Waals surface area contributed by atoms with Gasteiger partial charge in [0.15, 0.2) is 0 Å². The molecule has 0 radical (unpaired) electrons. The van der Waals surface area contributed by atoms with Crippen molar-refractivity contribution in [3.63, 3.8) is 0 Å².